The number of anilines is 1. The number of rotatable bonds is 4. The van der Waals surface area contributed by atoms with Crippen molar-refractivity contribution in [3.05, 3.63) is 66.2 Å². The first kappa shape index (κ1) is 17.4. The Kier molecular flexibility index (Phi) is 4.68. The van der Waals surface area contributed by atoms with Crippen molar-refractivity contribution in [2.24, 2.45) is 0 Å². The van der Waals surface area contributed by atoms with Gasteiger partial charge in [0.2, 0.25) is 11.8 Å². The number of hydrogen-bond donors (Lipinski definition) is 1. The number of oxazole rings is 1. The van der Waals surface area contributed by atoms with E-state index in [2.05, 4.69) is 10.3 Å². The van der Waals surface area contributed by atoms with Gasteiger partial charge in [0.15, 0.2) is 12.4 Å². The Morgan fingerprint density at radius 3 is 2.89 bits per heavy atom. The number of fused-ring (bicyclic) bond motifs is 1. The number of ether oxygens (including phenoxy) is 1. The average molecular weight is 380 g/mol. The molecule has 2 aromatic carbocycles. The van der Waals surface area contributed by atoms with Crippen LogP contribution in [-0.2, 0) is 16.1 Å². The predicted octanol–water partition coefficient (Wildman–Crippen LogP) is 4.13. The maximum Gasteiger partial charge on any atom is 0.338 e. The van der Waals surface area contributed by atoms with Gasteiger partial charge in [0.25, 0.3) is 0 Å². The van der Waals surface area contributed by atoms with Crippen LogP contribution in [0.3, 0.4) is 0 Å². The highest BCUT2D eigenvalue weighted by molar-refractivity contribution is 8.00. The van der Waals surface area contributed by atoms with E-state index in [1.807, 2.05) is 43.3 Å². The van der Waals surface area contributed by atoms with Gasteiger partial charge in [-0.1, -0.05) is 30.3 Å². The second-order valence-corrected chi connectivity index (χ2v) is 7.40. The molecule has 0 radical (unpaired) electrons. The molecular weight excluding hydrogens is 364 g/mol. The van der Waals surface area contributed by atoms with Crippen LogP contribution in [0.4, 0.5) is 5.69 Å². The largest absolute Gasteiger partial charge is 0.452 e. The summed E-state index contributed by atoms with van der Waals surface area (Å²) in [5.41, 5.74) is 1.89. The lowest BCUT2D eigenvalue weighted by atomic mass is 10.2. The summed E-state index contributed by atoms with van der Waals surface area (Å²) in [5.74, 6) is 0.350. The number of nitrogens with zero attached hydrogens (tertiary/aromatic N) is 1. The number of aromatic nitrogens is 1. The van der Waals surface area contributed by atoms with E-state index < -0.39 is 5.97 Å². The lowest BCUT2D eigenvalue weighted by Crippen LogP contribution is -2.26. The van der Waals surface area contributed by atoms with E-state index in [1.54, 1.807) is 18.3 Å². The van der Waals surface area contributed by atoms with Crippen molar-refractivity contribution >= 4 is 29.3 Å². The van der Waals surface area contributed by atoms with Crippen LogP contribution in [0.5, 0.6) is 0 Å². The number of hydrogen-bond acceptors (Lipinski definition) is 6. The van der Waals surface area contributed by atoms with Gasteiger partial charge in [0, 0.05) is 10.5 Å². The molecule has 27 heavy (non-hydrogen) atoms. The van der Waals surface area contributed by atoms with E-state index in [9.17, 15) is 9.59 Å². The van der Waals surface area contributed by atoms with E-state index >= 15 is 0 Å². The number of esters is 1. The molecule has 0 bridgehead atoms. The summed E-state index contributed by atoms with van der Waals surface area (Å²) in [4.78, 5) is 29.2. The van der Waals surface area contributed by atoms with Crippen molar-refractivity contribution < 1.29 is 18.7 Å². The maximum atomic E-state index is 12.3. The maximum absolute atomic E-state index is 12.3. The molecule has 7 heteroatoms. The Balaban J connectivity index is 1.42. The van der Waals surface area contributed by atoms with Gasteiger partial charge >= 0.3 is 5.97 Å². The third kappa shape index (κ3) is 3.73. The Morgan fingerprint density at radius 2 is 2.07 bits per heavy atom. The van der Waals surface area contributed by atoms with Crippen LogP contribution in [0.25, 0.3) is 11.3 Å². The van der Waals surface area contributed by atoms with Gasteiger partial charge in [-0.15, -0.1) is 11.8 Å². The topological polar surface area (TPSA) is 81.4 Å². The molecule has 0 spiro atoms. The third-order valence-corrected chi connectivity index (χ3v) is 5.26. The van der Waals surface area contributed by atoms with Gasteiger partial charge in [0.1, 0.15) is 0 Å². The first-order chi connectivity index (χ1) is 13.1. The summed E-state index contributed by atoms with van der Waals surface area (Å²) in [6.45, 7) is 1.77. The minimum Gasteiger partial charge on any atom is -0.452 e. The van der Waals surface area contributed by atoms with Crippen molar-refractivity contribution in [2.45, 2.75) is 23.7 Å². The zero-order valence-corrected chi connectivity index (χ0v) is 15.3. The molecule has 1 amide bonds. The molecule has 1 atom stereocenters. The summed E-state index contributed by atoms with van der Waals surface area (Å²) in [5, 5.41) is 2.65. The van der Waals surface area contributed by atoms with E-state index in [0.29, 0.717) is 22.9 Å². The Bertz CT molecular complexity index is 1000. The Hall–Kier alpha value is -3.06. The molecule has 4 rings (SSSR count). The zero-order valence-electron chi connectivity index (χ0n) is 14.5. The van der Waals surface area contributed by atoms with Gasteiger partial charge in [-0.25, -0.2) is 9.78 Å². The summed E-state index contributed by atoms with van der Waals surface area (Å²) in [6.07, 6.45) is 1.60. The van der Waals surface area contributed by atoms with Crippen LogP contribution in [0.15, 0.2) is 64.0 Å². The van der Waals surface area contributed by atoms with E-state index in [4.69, 9.17) is 9.15 Å². The molecule has 1 N–H and O–H groups in total. The molecule has 0 aliphatic carbocycles. The van der Waals surface area contributed by atoms with Gasteiger partial charge < -0.3 is 14.5 Å². The summed E-state index contributed by atoms with van der Waals surface area (Å²) in [7, 11) is 0. The fourth-order valence-corrected chi connectivity index (χ4v) is 3.59. The van der Waals surface area contributed by atoms with Crippen molar-refractivity contribution in [1.82, 2.24) is 4.98 Å². The van der Waals surface area contributed by atoms with Crippen molar-refractivity contribution in [1.29, 1.82) is 0 Å². The van der Waals surface area contributed by atoms with Crippen LogP contribution < -0.4 is 5.32 Å². The molecule has 0 fully saturated rings. The van der Waals surface area contributed by atoms with Gasteiger partial charge in [-0.3, -0.25) is 4.79 Å². The first-order valence-electron chi connectivity index (χ1n) is 8.39. The number of amides is 1. The lowest BCUT2D eigenvalue weighted by molar-refractivity contribution is -0.115. The predicted molar refractivity (Wildman–Crippen MR) is 101 cm³/mol. The number of carbonyl (C=O) groups is 2. The number of nitrogens with one attached hydrogen (secondary N) is 1. The van der Waals surface area contributed by atoms with Gasteiger partial charge in [-0.05, 0) is 25.1 Å². The summed E-state index contributed by atoms with van der Waals surface area (Å²) in [6, 6.07) is 14.7. The normalized spacial score (nSPS) is 15.7. The van der Waals surface area contributed by atoms with Crippen LogP contribution >= 0.6 is 11.8 Å². The molecule has 1 unspecified atom stereocenters. The highest BCUT2D eigenvalue weighted by atomic mass is 32.2. The average Bonchev–Trinajstić information content (AvgIpc) is 3.16. The molecule has 6 nitrogen and oxygen atoms in total. The van der Waals surface area contributed by atoms with E-state index in [0.717, 1.165) is 10.5 Å². The monoisotopic (exact) mass is 380 g/mol. The first-order valence-corrected chi connectivity index (χ1v) is 9.27. The van der Waals surface area contributed by atoms with Crippen molar-refractivity contribution in [3.63, 3.8) is 0 Å². The van der Waals surface area contributed by atoms with E-state index in [1.165, 1.54) is 11.8 Å². The summed E-state index contributed by atoms with van der Waals surface area (Å²) < 4.78 is 10.9. The highest BCUT2D eigenvalue weighted by Gasteiger charge is 2.24. The molecule has 136 valence electrons. The van der Waals surface area contributed by atoms with Crippen LogP contribution in [0.2, 0.25) is 0 Å². The quantitative estimate of drug-likeness (QED) is 0.686. The second-order valence-electron chi connectivity index (χ2n) is 6.02. The van der Waals surface area contributed by atoms with Crippen LogP contribution in [0.1, 0.15) is 23.2 Å². The number of benzene rings is 2. The summed E-state index contributed by atoms with van der Waals surface area (Å²) >= 11 is 1.46. The minimum atomic E-state index is -0.505. The Morgan fingerprint density at radius 1 is 1.26 bits per heavy atom. The fraction of sp³-hybridized carbons (Fsp3) is 0.150. The standard InChI is InChI=1S/C20H16N2O4S/c1-12-19(23)22-15-9-14(7-8-17(15)27-12)20(24)25-11-18-21-10-16(26-18)13-5-3-2-4-6-13/h2-10,12H,11H2,1H3,(H,22,23). The van der Waals surface area contributed by atoms with Crippen molar-refractivity contribution in [3.8, 4) is 11.3 Å². The van der Waals surface area contributed by atoms with Gasteiger partial charge in [0.05, 0.1) is 22.7 Å². The molecule has 1 aromatic heterocycles. The second kappa shape index (κ2) is 7.28. The highest BCUT2D eigenvalue weighted by Crippen LogP contribution is 2.36. The van der Waals surface area contributed by atoms with Crippen LogP contribution in [0, 0.1) is 0 Å². The Labute approximate surface area is 159 Å². The molecule has 2 heterocycles. The minimum absolute atomic E-state index is 0.0686. The lowest BCUT2D eigenvalue weighted by Gasteiger charge is -2.21. The molecular formula is C20H16N2O4S. The smallest absolute Gasteiger partial charge is 0.338 e. The third-order valence-electron chi connectivity index (χ3n) is 4.08. The number of thioether (sulfide) groups is 1. The van der Waals surface area contributed by atoms with Crippen molar-refractivity contribution in [2.75, 3.05) is 5.32 Å². The number of carbonyl (C=O) groups excluding carboxylic acids is 2. The molecule has 1 aliphatic heterocycles. The molecule has 3 aromatic rings. The fourth-order valence-electron chi connectivity index (χ4n) is 2.66. The molecule has 0 saturated heterocycles. The SMILES string of the molecule is CC1Sc2ccc(C(=O)OCc3ncc(-c4ccccc4)o3)cc2NC1=O. The molecule has 0 saturated carbocycles. The van der Waals surface area contributed by atoms with Gasteiger partial charge in [-0.2, -0.15) is 0 Å². The zero-order chi connectivity index (χ0) is 18.8. The van der Waals surface area contributed by atoms with E-state index in [-0.39, 0.29) is 17.8 Å². The van der Waals surface area contributed by atoms with Crippen LogP contribution in [-0.4, -0.2) is 22.1 Å². The molecule has 1 aliphatic rings.